The fourth-order valence-electron chi connectivity index (χ4n) is 1.81. The van der Waals surface area contributed by atoms with E-state index in [4.69, 9.17) is 4.74 Å². The van der Waals surface area contributed by atoms with Crippen LogP contribution in [0.2, 0.25) is 0 Å². The molecule has 0 amide bonds. The third-order valence-electron chi connectivity index (χ3n) is 2.86. The molecule has 1 saturated heterocycles. The number of sulfonamides is 1. The molecule has 1 unspecified atom stereocenters. The number of hydrogen-bond donors (Lipinski definition) is 1. The second-order valence-corrected chi connectivity index (χ2v) is 6.07. The Kier molecular flexibility index (Phi) is 3.81. The molecule has 17 heavy (non-hydrogen) atoms. The molecule has 1 aliphatic heterocycles. The van der Waals surface area contributed by atoms with Gasteiger partial charge < -0.3 is 4.74 Å². The first kappa shape index (κ1) is 12.5. The van der Waals surface area contributed by atoms with Crippen molar-refractivity contribution in [3.05, 3.63) is 29.8 Å². The fraction of sp³-hybridized carbons (Fsp3) is 0.500. The SMILES string of the molecule is Cc1ccc(S(=O)(=O)NCC2CCCO2)cc1. The molecular formula is C12H17NO3S. The zero-order valence-electron chi connectivity index (χ0n) is 9.85. The summed E-state index contributed by atoms with van der Waals surface area (Å²) < 4.78 is 31.8. The van der Waals surface area contributed by atoms with Crippen LogP contribution in [0.4, 0.5) is 0 Å². The van der Waals surface area contributed by atoms with Gasteiger partial charge in [0.1, 0.15) is 0 Å². The van der Waals surface area contributed by atoms with Gasteiger partial charge >= 0.3 is 0 Å². The van der Waals surface area contributed by atoms with E-state index in [1.54, 1.807) is 24.3 Å². The third kappa shape index (κ3) is 3.28. The van der Waals surface area contributed by atoms with Crippen LogP contribution in [0.25, 0.3) is 0 Å². The van der Waals surface area contributed by atoms with Crippen LogP contribution in [0.3, 0.4) is 0 Å². The number of rotatable bonds is 4. The Morgan fingerprint density at radius 1 is 1.35 bits per heavy atom. The minimum atomic E-state index is -3.39. The van der Waals surface area contributed by atoms with E-state index in [-0.39, 0.29) is 6.10 Å². The zero-order valence-corrected chi connectivity index (χ0v) is 10.7. The summed E-state index contributed by atoms with van der Waals surface area (Å²) >= 11 is 0. The summed E-state index contributed by atoms with van der Waals surface area (Å²) in [6.45, 7) is 3.02. The average Bonchev–Trinajstić information content (AvgIpc) is 2.80. The van der Waals surface area contributed by atoms with Crippen molar-refractivity contribution < 1.29 is 13.2 Å². The zero-order chi connectivity index (χ0) is 12.3. The first-order chi connectivity index (χ1) is 8.08. The van der Waals surface area contributed by atoms with Crippen LogP contribution in [0.1, 0.15) is 18.4 Å². The van der Waals surface area contributed by atoms with E-state index in [2.05, 4.69) is 4.72 Å². The largest absolute Gasteiger partial charge is 0.377 e. The summed E-state index contributed by atoms with van der Waals surface area (Å²) in [7, 11) is -3.39. The topological polar surface area (TPSA) is 55.4 Å². The Hall–Kier alpha value is -0.910. The highest BCUT2D eigenvalue weighted by atomic mass is 32.2. The van der Waals surface area contributed by atoms with E-state index in [9.17, 15) is 8.42 Å². The van der Waals surface area contributed by atoms with Crippen LogP contribution < -0.4 is 4.72 Å². The van der Waals surface area contributed by atoms with E-state index >= 15 is 0 Å². The second kappa shape index (κ2) is 5.16. The molecule has 0 aliphatic carbocycles. The Morgan fingerprint density at radius 2 is 2.06 bits per heavy atom. The van der Waals surface area contributed by atoms with Gasteiger partial charge in [-0.05, 0) is 31.9 Å². The van der Waals surface area contributed by atoms with Crippen molar-refractivity contribution in [1.82, 2.24) is 4.72 Å². The van der Waals surface area contributed by atoms with Crippen LogP contribution in [-0.2, 0) is 14.8 Å². The number of ether oxygens (including phenoxy) is 1. The molecule has 1 atom stereocenters. The maximum Gasteiger partial charge on any atom is 0.240 e. The Balaban J connectivity index is 2.00. The predicted molar refractivity (Wildman–Crippen MR) is 65.3 cm³/mol. The molecule has 0 saturated carbocycles. The van der Waals surface area contributed by atoms with Crippen LogP contribution >= 0.6 is 0 Å². The molecule has 2 rings (SSSR count). The lowest BCUT2D eigenvalue weighted by Crippen LogP contribution is -2.31. The van der Waals surface area contributed by atoms with Gasteiger partial charge in [0.25, 0.3) is 0 Å². The molecular weight excluding hydrogens is 238 g/mol. The first-order valence-electron chi connectivity index (χ1n) is 5.76. The van der Waals surface area contributed by atoms with E-state index in [0.29, 0.717) is 11.4 Å². The molecule has 0 aromatic heterocycles. The lowest BCUT2D eigenvalue weighted by atomic mass is 10.2. The quantitative estimate of drug-likeness (QED) is 0.886. The highest BCUT2D eigenvalue weighted by Gasteiger charge is 2.19. The average molecular weight is 255 g/mol. The second-order valence-electron chi connectivity index (χ2n) is 4.30. The summed E-state index contributed by atoms with van der Waals surface area (Å²) in [4.78, 5) is 0.307. The van der Waals surface area contributed by atoms with Gasteiger partial charge in [-0.3, -0.25) is 0 Å². The minimum absolute atomic E-state index is 0.0234. The summed E-state index contributed by atoms with van der Waals surface area (Å²) in [5.41, 5.74) is 1.04. The minimum Gasteiger partial charge on any atom is -0.377 e. The molecule has 1 fully saturated rings. The monoisotopic (exact) mass is 255 g/mol. The van der Waals surface area contributed by atoms with Crippen molar-refractivity contribution in [3.8, 4) is 0 Å². The molecule has 1 heterocycles. The molecule has 0 radical (unpaired) electrons. The molecule has 5 heteroatoms. The van der Waals surface area contributed by atoms with E-state index in [0.717, 1.165) is 25.0 Å². The van der Waals surface area contributed by atoms with Gasteiger partial charge in [-0.25, -0.2) is 13.1 Å². The fourth-order valence-corrected chi connectivity index (χ4v) is 2.88. The van der Waals surface area contributed by atoms with Crippen molar-refractivity contribution in [3.63, 3.8) is 0 Å². The molecule has 94 valence electrons. The van der Waals surface area contributed by atoms with Gasteiger partial charge in [0.15, 0.2) is 0 Å². The number of benzene rings is 1. The maximum absolute atomic E-state index is 11.9. The van der Waals surface area contributed by atoms with Gasteiger partial charge in [-0.15, -0.1) is 0 Å². The molecule has 4 nitrogen and oxygen atoms in total. The number of nitrogens with one attached hydrogen (secondary N) is 1. The molecule has 1 aliphatic rings. The highest BCUT2D eigenvalue weighted by molar-refractivity contribution is 7.89. The summed E-state index contributed by atoms with van der Waals surface area (Å²) in [6.07, 6.45) is 1.96. The van der Waals surface area contributed by atoms with E-state index < -0.39 is 10.0 Å². The molecule has 1 N–H and O–H groups in total. The predicted octanol–water partition coefficient (Wildman–Crippen LogP) is 1.45. The van der Waals surface area contributed by atoms with Gasteiger partial charge in [-0.1, -0.05) is 17.7 Å². The standard InChI is InChI=1S/C12H17NO3S/c1-10-4-6-12(7-5-10)17(14,15)13-9-11-3-2-8-16-11/h4-7,11,13H,2-3,8-9H2,1H3. The normalized spacial score (nSPS) is 20.6. The summed E-state index contributed by atoms with van der Waals surface area (Å²) in [5, 5.41) is 0. The van der Waals surface area contributed by atoms with E-state index in [1.165, 1.54) is 0 Å². The van der Waals surface area contributed by atoms with Crippen molar-refractivity contribution in [2.45, 2.75) is 30.8 Å². The lowest BCUT2D eigenvalue weighted by Gasteiger charge is -2.11. The van der Waals surface area contributed by atoms with Gasteiger partial charge in [0, 0.05) is 13.2 Å². The van der Waals surface area contributed by atoms with Gasteiger partial charge in [0.05, 0.1) is 11.0 Å². The summed E-state index contributed by atoms with van der Waals surface area (Å²) in [5.74, 6) is 0. The Morgan fingerprint density at radius 3 is 2.65 bits per heavy atom. The van der Waals surface area contributed by atoms with Crippen molar-refractivity contribution in [1.29, 1.82) is 0 Å². The Bertz CT molecular complexity index is 461. The molecule has 1 aromatic rings. The number of aryl methyl sites for hydroxylation is 1. The van der Waals surface area contributed by atoms with Crippen LogP contribution in [0.15, 0.2) is 29.2 Å². The van der Waals surface area contributed by atoms with Gasteiger partial charge in [-0.2, -0.15) is 0 Å². The first-order valence-corrected chi connectivity index (χ1v) is 7.24. The van der Waals surface area contributed by atoms with Gasteiger partial charge in [0.2, 0.25) is 10.0 Å². The maximum atomic E-state index is 11.9. The third-order valence-corrected chi connectivity index (χ3v) is 4.30. The van der Waals surface area contributed by atoms with Crippen LogP contribution in [0, 0.1) is 6.92 Å². The highest BCUT2D eigenvalue weighted by Crippen LogP contribution is 2.13. The summed E-state index contributed by atoms with van der Waals surface area (Å²) in [6, 6.07) is 6.82. The molecule has 0 bridgehead atoms. The lowest BCUT2D eigenvalue weighted by molar-refractivity contribution is 0.114. The van der Waals surface area contributed by atoms with Crippen molar-refractivity contribution in [2.24, 2.45) is 0 Å². The van der Waals surface area contributed by atoms with Crippen LogP contribution in [-0.4, -0.2) is 27.7 Å². The molecule has 1 aromatic carbocycles. The molecule has 0 spiro atoms. The Labute approximate surface area is 102 Å². The van der Waals surface area contributed by atoms with Crippen molar-refractivity contribution >= 4 is 10.0 Å². The van der Waals surface area contributed by atoms with Crippen LogP contribution in [0.5, 0.6) is 0 Å². The smallest absolute Gasteiger partial charge is 0.240 e. The number of hydrogen-bond acceptors (Lipinski definition) is 3. The van der Waals surface area contributed by atoms with E-state index in [1.807, 2.05) is 6.92 Å². The van der Waals surface area contributed by atoms with Crippen molar-refractivity contribution in [2.75, 3.05) is 13.2 Å².